The summed E-state index contributed by atoms with van der Waals surface area (Å²) in [6, 6.07) is 8.04. The Morgan fingerprint density at radius 1 is 1.32 bits per heavy atom. The van der Waals surface area contributed by atoms with Gasteiger partial charge in [0, 0.05) is 42.3 Å². The monoisotopic (exact) mass is 358 g/mol. The van der Waals surface area contributed by atoms with Gasteiger partial charge in [-0.3, -0.25) is 10.00 Å². The molecule has 2 aromatic heterocycles. The van der Waals surface area contributed by atoms with Crippen molar-refractivity contribution in [2.24, 2.45) is 5.92 Å². The maximum atomic E-state index is 10.4. The Labute approximate surface area is 152 Å². The van der Waals surface area contributed by atoms with Gasteiger partial charge in [-0.2, -0.15) is 5.10 Å². The number of hydrogen-bond acceptors (Lipinski definition) is 3. The number of hydrogen-bond donors (Lipinski definition) is 3. The van der Waals surface area contributed by atoms with Crippen LogP contribution in [0.2, 0.25) is 5.02 Å². The van der Waals surface area contributed by atoms with Crippen molar-refractivity contribution in [2.45, 2.75) is 32.9 Å². The summed E-state index contributed by atoms with van der Waals surface area (Å²) in [4.78, 5) is 5.78. The van der Waals surface area contributed by atoms with Crippen LogP contribution in [0, 0.1) is 19.8 Å². The van der Waals surface area contributed by atoms with Crippen molar-refractivity contribution in [1.29, 1.82) is 0 Å². The lowest BCUT2D eigenvalue weighted by atomic mass is 10.0. The zero-order chi connectivity index (χ0) is 17.6. The fourth-order valence-corrected chi connectivity index (χ4v) is 4.09. The molecule has 3 heterocycles. The molecule has 2 atom stereocenters. The van der Waals surface area contributed by atoms with E-state index in [0.29, 0.717) is 6.54 Å². The smallest absolute Gasteiger partial charge is 0.0711 e. The van der Waals surface area contributed by atoms with E-state index in [-0.39, 0.29) is 12.0 Å². The first-order valence-corrected chi connectivity index (χ1v) is 9.06. The number of halogens is 1. The maximum Gasteiger partial charge on any atom is 0.0711 e. The summed E-state index contributed by atoms with van der Waals surface area (Å²) in [6.45, 7) is 6.48. The highest BCUT2D eigenvalue weighted by Gasteiger charge is 2.32. The molecule has 5 nitrogen and oxygen atoms in total. The SMILES string of the molecule is Cc1cc(C[C@@H]2CN(Cc3[nH]c4c(Cl)cccc4c3C)C[C@H]2O)n[nH]1. The Morgan fingerprint density at radius 3 is 2.88 bits per heavy atom. The van der Waals surface area contributed by atoms with E-state index in [9.17, 15) is 5.11 Å². The molecular weight excluding hydrogens is 336 g/mol. The Bertz CT molecular complexity index is 900. The van der Waals surface area contributed by atoms with Gasteiger partial charge in [0.25, 0.3) is 0 Å². The molecule has 132 valence electrons. The van der Waals surface area contributed by atoms with E-state index >= 15 is 0 Å². The van der Waals surface area contributed by atoms with Gasteiger partial charge in [-0.05, 0) is 38.0 Å². The third-order valence-electron chi connectivity index (χ3n) is 5.24. The molecule has 1 fully saturated rings. The number of aryl methyl sites for hydroxylation is 2. The minimum Gasteiger partial charge on any atom is -0.391 e. The second-order valence-corrected chi connectivity index (χ2v) is 7.57. The Morgan fingerprint density at radius 2 is 2.16 bits per heavy atom. The van der Waals surface area contributed by atoms with Crippen molar-refractivity contribution in [3.05, 3.63) is 51.9 Å². The third kappa shape index (κ3) is 3.19. The predicted octanol–water partition coefficient (Wildman–Crippen LogP) is 3.20. The number of rotatable bonds is 4. The van der Waals surface area contributed by atoms with Crippen molar-refractivity contribution < 1.29 is 5.11 Å². The molecule has 0 aliphatic carbocycles. The molecule has 0 unspecified atom stereocenters. The minimum absolute atomic E-state index is 0.218. The molecule has 6 heteroatoms. The fourth-order valence-electron chi connectivity index (χ4n) is 3.87. The van der Waals surface area contributed by atoms with Crippen LogP contribution in [0.15, 0.2) is 24.3 Å². The number of H-pyrrole nitrogens is 2. The summed E-state index contributed by atoms with van der Waals surface area (Å²) < 4.78 is 0. The summed E-state index contributed by atoms with van der Waals surface area (Å²) in [5, 5.41) is 19.6. The lowest BCUT2D eigenvalue weighted by molar-refractivity contribution is 0.140. The highest BCUT2D eigenvalue weighted by atomic mass is 35.5. The second-order valence-electron chi connectivity index (χ2n) is 7.16. The molecular formula is C19H23ClN4O. The average Bonchev–Trinajstić information content (AvgIpc) is 3.22. The number of aliphatic hydroxyl groups is 1. The van der Waals surface area contributed by atoms with E-state index in [1.807, 2.05) is 19.1 Å². The van der Waals surface area contributed by atoms with Gasteiger partial charge in [-0.1, -0.05) is 23.7 Å². The van der Waals surface area contributed by atoms with Crippen LogP contribution in [-0.2, 0) is 13.0 Å². The fraction of sp³-hybridized carbons (Fsp3) is 0.421. The number of likely N-dealkylation sites (tertiary alicyclic amines) is 1. The third-order valence-corrected chi connectivity index (χ3v) is 5.56. The minimum atomic E-state index is -0.315. The molecule has 1 aliphatic heterocycles. The summed E-state index contributed by atoms with van der Waals surface area (Å²) in [6.07, 6.45) is 0.491. The molecule has 0 bridgehead atoms. The first-order valence-electron chi connectivity index (χ1n) is 8.68. The number of aromatic nitrogens is 3. The summed E-state index contributed by atoms with van der Waals surface area (Å²) in [5.74, 6) is 0.218. The van der Waals surface area contributed by atoms with Gasteiger partial charge < -0.3 is 10.1 Å². The van der Waals surface area contributed by atoms with E-state index in [2.05, 4.69) is 39.1 Å². The Balaban J connectivity index is 1.48. The van der Waals surface area contributed by atoms with Gasteiger partial charge in [-0.25, -0.2) is 0 Å². The van der Waals surface area contributed by atoms with E-state index in [1.54, 1.807) is 0 Å². The highest BCUT2D eigenvalue weighted by molar-refractivity contribution is 6.35. The maximum absolute atomic E-state index is 10.4. The summed E-state index contributed by atoms with van der Waals surface area (Å²) in [7, 11) is 0. The van der Waals surface area contributed by atoms with Crippen molar-refractivity contribution >= 4 is 22.5 Å². The average molecular weight is 359 g/mol. The largest absolute Gasteiger partial charge is 0.391 e. The van der Waals surface area contributed by atoms with E-state index < -0.39 is 0 Å². The number of nitrogens with one attached hydrogen (secondary N) is 2. The van der Waals surface area contributed by atoms with E-state index in [4.69, 9.17) is 11.6 Å². The van der Waals surface area contributed by atoms with Crippen LogP contribution in [0.5, 0.6) is 0 Å². The topological polar surface area (TPSA) is 67.9 Å². The molecule has 0 radical (unpaired) electrons. The van der Waals surface area contributed by atoms with Crippen LogP contribution in [0.4, 0.5) is 0 Å². The standard InChI is InChI=1S/C19H23ClN4O/c1-11-6-14(23-22-11)7-13-8-24(10-18(13)25)9-17-12(2)15-4-3-5-16(20)19(15)21-17/h3-6,13,18,21,25H,7-10H2,1-2H3,(H,22,23)/t13-,18-/m1/s1. The molecule has 1 aliphatic rings. The van der Waals surface area contributed by atoms with Crippen LogP contribution in [0.3, 0.4) is 0 Å². The van der Waals surface area contributed by atoms with Gasteiger partial charge in [-0.15, -0.1) is 0 Å². The first-order chi connectivity index (χ1) is 12.0. The number of para-hydroxylation sites is 1. The molecule has 0 spiro atoms. The molecule has 3 N–H and O–H groups in total. The molecule has 0 saturated carbocycles. The lowest BCUT2D eigenvalue weighted by Gasteiger charge is -2.15. The number of aliphatic hydroxyl groups excluding tert-OH is 1. The van der Waals surface area contributed by atoms with Crippen LogP contribution in [0.25, 0.3) is 10.9 Å². The molecule has 1 aromatic carbocycles. The van der Waals surface area contributed by atoms with Crippen molar-refractivity contribution in [3.8, 4) is 0 Å². The highest BCUT2D eigenvalue weighted by Crippen LogP contribution is 2.29. The Kier molecular flexibility index (Phi) is 4.31. The molecule has 1 saturated heterocycles. The van der Waals surface area contributed by atoms with Gasteiger partial charge in [0.1, 0.15) is 0 Å². The molecule has 0 amide bonds. The van der Waals surface area contributed by atoms with Gasteiger partial charge >= 0.3 is 0 Å². The zero-order valence-electron chi connectivity index (χ0n) is 14.5. The predicted molar refractivity (Wildman–Crippen MR) is 99.8 cm³/mol. The second kappa shape index (κ2) is 6.48. The normalized spacial score (nSPS) is 21.4. The van der Waals surface area contributed by atoms with Crippen molar-refractivity contribution in [3.63, 3.8) is 0 Å². The van der Waals surface area contributed by atoms with E-state index in [1.165, 1.54) is 16.6 Å². The number of benzene rings is 1. The van der Waals surface area contributed by atoms with Gasteiger partial charge in [0.2, 0.25) is 0 Å². The van der Waals surface area contributed by atoms with Gasteiger partial charge in [0.15, 0.2) is 0 Å². The first kappa shape index (κ1) is 16.6. The summed E-state index contributed by atoms with van der Waals surface area (Å²) in [5.41, 5.74) is 5.49. The molecule has 3 aromatic rings. The van der Waals surface area contributed by atoms with Crippen molar-refractivity contribution in [1.82, 2.24) is 20.1 Å². The lowest BCUT2D eigenvalue weighted by Crippen LogP contribution is -2.22. The van der Waals surface area contributed by atoms with Crippen LogP contribution >= 0.6 is 11.6 Å². The molecule has 25 heavy (non-hydrogen) atoms. The quantitative estimate of drug-likeness (QED) is 0.671. The van der Waals surface area contributed by atoms with Crippen LogP contribution < -0.4 is 0 Å². The summed E-state index contributed by atoms with van der Waals surface area (Å²) >= 11 is 6.30. The van der Waals surface area contributed by atoms with E-state index in [0.717, 1.165) is 41.4 Å². The number of fused-ring (bicyclic) bond motifs is 1. The molecule has 4 rings (SSSR count). The van der Waals surface area contributed by atoms with Gasteiger partial charge in [0.05, 0.1) is 22.3 Å². The number of β-amino-alcohol motifs (C(OH)–C–C–N with tert-alkyl or cyclic N) is 1. The Hall–Kier alpha value is -1.82. The van der Waals surface area contributed by atoms with Crippen LogP contribution in [-0.4, -0.2) is 44.4 Å². The van der Waals surface area contributed by atoms with Crippen molar-refractivity contribution in [2.75, 3.05) is 13.1 Å². The number of nitrogens with zero attached hydrogens (tertiary/aromatic N) is 2. The van der Waals surface area contributed by atoms with Crippen LogP contribution in [0.1, 0.15) is 22.6 Å². The number of aromatic amines is 2. The zero-order valence-corrected chi connectivity index (χ0v) is 15.3.